The van der Waals surface area contributed by atoms with Gasteiger partial charge in [-0.15, -0.1) is 0 Å². The van der Waals surface area contributed by atoms with Crippen LogP contribution in [-0.4, -0.2) is 46.6 Å². The molecule has 1 saturated heterocycles. The van der Waals surface area contributed by atoms with E-state index in [0.717, 1.165) is 54.3 Å². The van der Waals surface area contributed by atoms with Crippen LogP contribution in [0.5, 0.6) is 5.75 Å². The molecular formula is C24H32N4O2. The fourth-order valence-corrected chi connectivity index (χ4v) is 4.35. The Kier molecular flexibility index (Phi) is 5.58. The van der Waals surface area contributed by atoms with E-state index in [2.05, 4.69) is 60.1 Å². The van der Waals surface area contributed by atoms with Gasteiger partial charge in [0.15, 0.2) is 5.84 Å². The average Bonchev–Trinajstić information content (AvgIpc) is 3.13. The number of ether oxygens (including phenoxy) is 1. The summed E-state index contributed by atoms with van der Waals surface area (Å²) < 4.78 is 7.66. The number of piperidine rings is 1. The number of nitrogens with zero attached hydrogens (tertiary/aromatic N) is 4. The summed E-state index contributed by atoms with van der Waals surface area (Å²) in [5.74, 6) is 1.82. The maximum absolute atomic E-state index is 5.67. The fourth-order valence-electron chi connectivity index (χ4n) is 4.35. The van der Waals surface area contributed by atoms with Gasteiger partial charge in [0, 0.05) is 12.7 Å². The molecule has 0 spiro atoms. The summed E-state index contributed by atoms with van der Waals surface area (Å²) in [5.41, 5.74) is 4.55. The highest BCUT2D eigenvalue weighted by Gasteiger charge is 2.34. The second-order valence-corrected chi connectivity index (χ2v) is 9.45. The van der Waals surface area contributed by atoms with Gasteiger partial charge in [-0.25, -0.2) is 4.98 Å². The fraction of sp³-hybridized carbons (Fsp3) is 0.500. The smallest absolute Gasteiger partial charge is 0.171 e. The van der Waals surface area contributed by atoms with E-state index in [0.29, 0.717) is 12.6 Å². The Morgan fingerprint density at radius 3 is 2.83 bits per heavy atom. The Balaban J connectivity index is 1.62. The maximum atomic E-state index is 5.67. The van der Waals surface area contributed by atoms with Crippen LogP contribution in [0.25, 0.3) is 11.8 Å². The second-order valence-electron chi connectivity index (χ2n) is 9.45. The average molecular weight is 409 g/mol. The standard InChI is InChI=1S/C24H32N4O2/c1-17-14-27(16-25-17)21-9-8-18(12-22(21)29-5)11-19-7-6-10-28-20(13-24(2,3)4)15-30-26-23(19)28/h8-9,11-12,14,16,20H,6-7,10,13,15H2,1-5H3/b19-11+/t20-/m0/s1. The highest BCUT2D eigenvalue weighted by molar-refractivity contribution is 6.02. The first-order chi connectivity index (χ1) is 14.3. The number of aryl methyl sites for hydroxylation is 1. The van der Waals surface area contributed by atoms with Crippen molar-refractivity contribution in [3.63, 3.8) is 0 Å². The summed E-state index contributed by atoms with van der Waals surface area (Å²) in [7, 11) is 1.71. The van der Waals surface area contributed by atoms with E-state index < -0.39 is 0 Å². The lowest BCUT2D eigenvalue weighted by Gasteiger charge is -2.42. The lowest BCUT2D eigenvalue weighted by atomic mass is 9.86. The minimum absolute atomic E-state index is 0.257. The number of methoxy groups -OCH3 is 1. The van der Waals surface area contributed by atoms with Crippen molar-refractivity contribution in [2.45, 2.75) is 53.0 Å². The molecule has 0 N–H and O–H groups in total. The molecule has 30 heavy (non-hydrogen) atoms. The van der Waals surface area contributed by atoms with Crippen LogP contribution in [0.4, 0.5) is 0 Å². The molecule has 1 atom stereocenters. The molecule has 1 aromatic heterocycles. The molecule has 3 heterocycles. The van der Waals surface area contributed by atoms with Crippen molar-refractivity contribution in [3.8, 4) is 11.4 Å². The molecule has 6 heteroatoms. The quantitative estimate of drug-likeness (QED) is 0.728. The third-order valence-electron chi connectivity index (χ3n) is 5.65. The first-order valence-electron chi connectivity index (χ1n) is 10.7. The number of aromatic nitrogens is 2. The van der Waals surface area contributed by atoms with Gasteiger partial charge in [-0.1, -0.05) is 32.0 Å². The molecule has 6 nitrogen and oxygen atoms in total. The van der Waals surface area contributed by atoms with Crippen molar-refractivity contribution in [3.05, 3.63) is 47.6 Å². The van der Waals surface area contributed by atoms with Crippen molar-refractivity contribution in [1.29, 1.82) is 0 Å². The SMILES string of the molecule is COc1cc(/C=C2\CCCN3C2=NOC[C@@H]3CC(C)(C)C)ccc1-n1cnc(C)c1. The first-order valence-corrected chi connectivity index (χ1v) is 10.7. The Morgan fingerprint density at radius 1 is 1.30 bits per heavy atom. The summed E-state index contributed by atoms with van der Waals surface area (Å²) in [6, 6.07) is 6.65. The van der Waals surface area contributed by atoms with Crippen LogP contribution in [0.3, 0.4) is 0 Å². The Hall–Kier alpha value is -2.76. The monoisotopic (exact) mass is 408 g/mol. The zero-order valence-electron chi connectivity index (χ0n) is 18.7. The summed E-state index contributed by atoms with van der Waals surface area (Å²) in [4.78, 5) is 12.4. The van der Waals surface area contributed by atoms with Crippen LogP contribution >= 0.6 is 0 Å². The van der Waals surface area contributed by atoms with Crippen LogP contribution in [0, 0.1) is 12.3 Å². The topological polar surface area (TPSA) is 51.9 Å². The highest BCUT2D eigenvalue weighted by atomic mass is 16.6. The molecule has 0 aliphatic carbocycles. The third-order valence-corrected chi connectivity index (χ3v) is 5.65. The van der Waals surface area contributed by atoms with Gasteiger partial charge in [-0.3, -0.25) is 0 Å². The molecule has 2 aromatic rings. The van der Waals surface area contributed by atoms with Crippen LogP contribution in [0.1, 0.15) is 51.3 Å². The number of imidazole rings is 1. The zero-order chi connectivity index (χ0) is 21.3. The minimum Gasteiger partial charge on any atom is -0.495 e. The summed E-state index contributed by atoms with van der Waals surface area (Å²) in [6.45, 7) is 10.6. The lowest BCUT2D eigenvalue weighted by molar-refractivity contribution is 0.0410. The number of hydrogen-bond acceptors (Lipinski definition) is 5. The zero-order valence-corrected chi connectivity index (χ0v) is 18.7. The molecule has 0 saturated carbocycles. The summed E-state index contributed by atoms with van der Waals surface area (Å²) in [5, 5.41) is 4.45. The molecule has 1 fully saturated rings. The molecule has 160 valence electrons. The van der Waals surface area contributed by atoms with E-state index in [9.17, 15) is 0 Å². The molecule has 0 unspecified atom stereocenters. The molecule has 0 amide bonds. The van der Waals surface area contributed by atoms with E-state index in [4.69, 9.17) is 9.57 Å². The van der Waals surface area contributed by atoms with Gasteiger partial charge in [-0.2, -0.15) is 0 Å². The Bertz CT molecular complexity index is 968. The number of fused-ring (bicyclic) bond motifs is 1. The van der Waals surface area contributed by atoms with Gasteiger partial charge in [-0.05, 0) is 60.9 Å². The van der Waals surface area contributed by atoms with Gasteiger partial charge < -0.3 is 19.0 Å². The molecule has 2 aliphatic heterocycles. The van der Waals surface area contributed by atoms with E-state index in [1.54, 1.807) is 7.11 Å². The van der Waals surface area contributed by atoms with E-state index in [1.165, 1.54) is 5.57 Å². The normalized spacial score (nSPS) is 20.6. The van der Waals surface area contributed by atoms with Crippen LogP contribution < -0.4 is 4.74 Å². The summed E-state index contributed by atoms with van der Waals surface area (Å²) >= 11 is 0. The molecule has 1 aromatic carbocycles. The number of hydrogen-bond donors (Lipinski definition) is 0. The Labute approximate surface area is 179 Å². The number of rotatable bonds is 4. The van der Waals surface area contributed by atoms with Gasteiger partial charge in [0.2, 0.25) is 0 Å². The van der Waals surface area contributed by atoms with Gasteiger partial charge >= 0.3 is 0 Å². The van der Waals surface area contributed by atoms with Crippen LogP contribution in [0.15, 0.2) is 41.5 Å². The largest absolute Gasteiger partial charge is 0.495 e. The minimum atomic E-state index is 0.257. The first kappa shape index (κ1) is 20.5. The van der Waals surface area contributed by atoms with Crippen molar-refractivity contribution < 1.29 is 9.57 Å². The second kappa shape index (κ2) is 8.17. The third kappa shape index (κ3) is 4.37. The number of benzene rings is 1. The van der Waals surface area contributed by atoms with E-state index >= 15 is 0 Å². The van der Waals surface area contributed by atoms with Crippen LogP contribution in [-0.2, 0) is 4.84 Å². The number of oxime groups is 1. The van der Waals surface area contributed by atoms with Gasteiger partial charge in [0.05, 0.1) is 30.9 Å². The predicted octanol–water partition coefficient (Wildman–Crippen LogP) is 4.82. The van der Waals surface area contributed by atoms with E-state index in [1.807, 2.05) is 24.0 Å². The van der Waals surface area contributed by atoms with Crippen molar-refractivity contribution in [1.82, 2.24) is 14.5 Å². The van der Waals surface area contributed by atoms with Crippen molar-refractivity contribution in [2.24, 2.45) is 10.6 Å². The number of amidine groups is 1. The van der Waals surface area contributed by atoms with E-state index in [-0.39, 0.29) is 5.41 Å². The molecule has 2 aliphatic rings. The van der Waals surface area contributed by atoms with Crippen molar-refractivity contribution in [2.75, 3.05) is 20.3 Å². The van der Waals surface area contributed by atoms with Gasteiger partial charge in [0.25, 0.3) is 0 Å². The van der Waals surface area contributed by atoms with Gasteiger partial charge in [0.1, 0.15) is 12.4 Å². The molecule has 4 rings (SSSR count). The molecule has 0 radical (unpaired) electrons. The summed E-state index contributed by atoms with van der Waals surface area (Å²) in [6.07, 6.45) is 9.26. The molecule has 0 bridgehead atoms. The maximum Gasteiger partial charge on any atom is 0.171 e. The Morgan fingerprint density at radius 2 is 2.13 bits per heavy atom. The predicted molar refractivity (Wildman–Crippen MR) is 120 cm³/mol. The highest BCUT2D eigenvalue weighted by Crippen LogP contribution is 2.32. The lowest BCUT2D eigenvalue weighted by Crippen LogP contribution is -2.50. The van der Waals surface area contributed by atoms with Crippen LogP contribution in [0.2, 0.25) is 0 Å². The molecular weight excluding hydrogens is 376 g/mol. The van der Waals surface area contributed by atoms with Crippen molar-refractivity contribution >= 4 is 11.9 Å².